The zero-order valence-electron chi connectivity index (χ0n) is 9.67. The van der Waals surface area contributed by atoms with Gasteiger partial charge in [0.15, 0.2) is 0 Å². The Balaban J connectivity index is 2.10. The summed E-state index contributed by atoms with van der Waals surface area (Å²) in [6.45, 7) is 0. The molecule has 1 aromatic carbocycles. The van der Waals surface area contributed by atoms with Crippen molar-refractivity contribution in [2.24, 2.45) is 0 Å². The second-order valence-corrected chi connectivity index (χ2v) is 4.31. The van der Waals surface area contributed by atoms with E-state index in [1.807, 2.05) is 18.5 Å². The molecule has 18 heavy (non-hydrogen) atoms. The molecule has 0 saturated carbocycles. The molecule has 0 saturated heterocycles. The van der Waals surface area contributed by atoms with Crippen molar-refractivity contribution in [1.82, 2.24) is 14.5 Å². The second kappa shape index (κ2) is 3.47. The summed E-state index contributed by atoms with van der Waals surface area (Å²) >= 11 is 0. The molecule has 0 aliphatic carbocycles. The van der Waals surface area contributed by atoms with Gasteiger partial charge in [-0.1, -0.05) is 18.2 Å². The number of hydrogen-bond acceptors (Lipinski definition) is 1. The smallest absolute Gasteiger partial charge is 0.139 e. The Morgan fingerprint density at radius 2 is 1.94 bits per heavy atom. The summed E-state index contributed by atoms with van der Waals surface area (Å²) in [7, 11) is 0. The summed E-state index contributed by atoms with van der Waals surface area (Å²) < 4.78 is 2.20. The lowest BCUT2D eigenvalue weighted by Gasteiger charge is -2.06. The van der Waals surface area contributed by atoms with Gasteiger partial charge in [0.25, 0.3) is 0 Å². The van der Waals surface area contributed by atoms with Gasteiger partial charge in [-0.05, 0) is 29.7 Å². The highest BCUT2D eigenvalue weighted by Gasteiger charge is 2.07. The van der Waals surface area contributed by atoms with Gasteiger partial charge in [0.05, 0.1) is 11.2 Å². The maximum Gasteiger partial charge on any atom is 0.139 e. The first-order valence-corrected chi connectivity index (χ1v) is 5.92. The standard InChI is InChI=1S/C15H11N3/c1-2-4-13-11(3-1)7-10-18(13)14-6-9-17-15-12(14)5-8-16-15/h1-10H,(H,16,17). The number of rotatable bonds is 1. The van der Waals surface area contributed by atoms with Gasteiger partial charge in [0.1, 0.15) is 5.65 Å². The second-order valence-electron chi connectivity index (χ2n) is 4.31. The molecular weight excluding hydrogens is 222 g/mol. The van der Waals surface area contributed by atoms with Crippen molar-refractivity contribution >= 4 is 21.9 Å². The van der Waals surface area contributed by atoms with E-state index in [1.54, 1.807) is 0 Å². The number of nitrogens with one attached hydrogen (secondary N) is 1. The fourth-order valence-corrected chi connectivity index (χ4v) is 2.45. The van der Waals surface area contributed by atoms with Gasteiger partial charge in [-0.25, -0.2) is 4.98 Å². The number of fused-ring (bicyclic) bond motifs is 2. The normalized spacial score (nSPS) is 11.3. The third kappa shape index (κ3) is 1.21. The fraction of sp³-hybridized carbons (Fsp3) is 0. The molecule has 3 nitrogen and oxygen atoms in total. The van der Waals surface area contributed by atoms with Crippen molar-refractivity contribution in [3.8, 4) is 5.69 Å². The Morgan fingerprint density at radius 3 is 2.94 bits per heavy atom. The molecule has 0 aliphatic rings. The molecule has 3 heteroatoms. The number of aromatic nitrogens is 3. The van der Waals surface area contributed by atoms with E-state index < -0.39 is 0 Å². The molecule has 0 bridgehead atoms. The van der Waals surface area contributed by atoms with Crippen LogP contribution in [0.3, 0.4) is 0 Å². The van der Waals surface area contributed by atoms with E-state index in [9.17, 15) is 0 Å². The molecule has 4 aromatic rings. The van der Waals surface area contributed by atoms with Crippen LogP contribution in [0.25, 0.3) is 27.6 Å². The van der Waals surface area contributed by atoms with E-state index in [4.69, 9.17) is 0 Å². The van der Waals surface area contributed by atoms with Gasteiger partial charge in [0.2, 0.25) is 0 Å². The lowest BCUT2D eigenvalue weighted by atomic mass is 10.2. The van der Waals surface area contributed by atoms with Crippen LogP contribution < -0.4 is 0 Å². The average Bonchev–Trinajstić information content (AvgIpc) is 3.05. The highest BCUT2D eigenvalue weighted by atomic mass is 15.0. The molecule has 0 radical (unpaired) electrons. The Morgan fingerprint density at radius 1 is 1.00 bits per heavy atom. The molecule has 0 aliphatic heterocycles. The minimum Gasteiger partial charge on any atom is -0.346 e. The number of nitrogens with zero attached hydrogens (tertiary/aromatic N) is 2. The van der Waals surface area contributed by atoms with E-state index in [1.165, 1.54) is 10.9 Å². The van der Waals surface area contributed by atoms with E-state index in [-0.39, 0.29) is 0 Å². The number of para-hydroxylation sites is 1. The summed E-state index contributed by atoms with van der Waals surface area (Å²) in [5, 5.41) is 2.39. The molecule has 4 rings (SSSR count). The molecule has 3 aromatic heterocycles. The summed E-state index contributed by atoms with van der Waals surface area (Å²) in [6.07, 6.45) is 5.86. The van der Waals surface area contributed by atoms with Crippen LogP contribution in [0.1, 0.15) is 0 Å². The number of pyridine rings is 1. The average molecular weight is 233 g/mol. The minimum absolute atomic E-state index is 0.922. The fourth-order valence-electron chi connectivity index (χ4n) is 2.45. The van der Waals surface area contributed by atoms with Crippen LogP contribution in [-0.2, 0) is 0 Å². The predicted molar refractivity (Wildman–Crippen MR) is 72.9 cm³/mol. The van der Waals surface area contributed by atoms with Crippen LogP contribution in [0.5, 0.6) is 0 Å². The van der Waals surface area contributed by atoms with Crippen molar-refractivity contribution in [3.05, 3.63) is 61.1 Å². The molecule has 0 atom stereocenters. The molecule has 3 heterocycles. The Hall–Kier alpha value is -2.55. The minimum atomic E-state index is 0.922. The van der Waals surface area contributed by atoms with Crippen LogP contribution in [0.15, 0.2) is 61.1 Å². The topological polar surface area (TPSA) is 33.6 Å². The highest BCUT2D eigenvalue weighted by Crippen LogP contribution is 2.24. The van der Waals surface area contributed by atoms with Crippen LogP contribution in [0.2, 0.25) is 0 Å². The maximum absolute atomic E-state index is 4.32. The molecule has 0 spiro atoms. The SMILES string of the molecule is c1ccc2c(c1)ccn2-c1ccnc2[nH]ccc12. The molecule has 0 amide bonds. The summed E-state index contributed by atoms with van der Waals surface area (Å²) in [5.41, 5.74) is 3.29. The number of H-pyrrole nitrogens is 1. The van der Waals surface area contributed by atoms with Crippen molar-refractivity contribution in [2.75, 3.05) is 0 Å². The molecular formula is C15H11N3. The Labute approximate surface area is 104 Å². The van der Waals surface area contributed by atoms with Crippen LogP contribution in [0, 0.1) is 0 Å². The van der Waals surface area contributed by atoms with Crippen molar-refractivity contribution in [2.45, 2.75) is 0 Å². The summed E-state index contributed by atoms with van der Waals surface area (Å²) in [5.74, 6) is 0. The van der Waals surface area contributed by atoms with Gasteiger partial charge < -0.3 is 9.55 Å². The van der Waals surface area contributed by atoms with Crippen molar-refractivity contribution in [1.29, 1.82) is 0 Å². The van der Waals surface area contributed by atoms with Crippen LogP contribution in [-0.4, -0.2) is 14.5 Å². The number of aromatic amines is 1. The monoisotopic (exact) mass is 233 g/mol. The van der Waals surface area contributed by atoms with Gasteiger partial charge in [0, 0.05) is 24.0 Å². The van der Waals surface area contributed by atoms with Crippen molar-refractivity contribution in [3.63, 3.8) is 0 Å². The first kappa shape index (κ1) is 9.48. The third-order valence-electron chi connectivity index (χ3n) is 3.30. The summed E-state index contributed by atoms with van der Waals surface area (Å²) in [6, 6.07) is 14.6. The van der Waals surface area contributed by atoms with E-state index in [0.29, 0.717) is 0 Å². The largest absolute Gasteiger partial charge is 0.346 e. The zero-order chi connectivity index (χ0) is 11.9. The molecule has 1 N–H and O–H groups in total. The van der Waals surface area contributed by atoms with Gasteiger partial charge in [-0.15, -0.1) is 0 Å². The predicted octanol–water partition coefficient (Wildman–Crippen LogP) is 3.51. The van der Waals surface area contributed by atoms with Gasteiger partial charge >= 0.3 is 0 Å². The number of hydrogen-bond donors (Lipinski definition) is 1. The Bertz CT molecular complexity index is 839. The van der Waals surface area contributed by atoms with Crippen LogP contribution >= 0.6 is 0 Å². The third-order valence-corrected chi connectivity index (χ3v) is 3.30. The molecule has 0 unspecified atom stereocenters. The van der Waals surface area contributed by atoms with E-state index in [0.717, 1.165) is 16.7 Å². The molecule has 0 fully saturated rings. The Kier molecular flexibility index (Phi) is 1.83. The quantitative estimate of drug-likeness (QED) is 0.536. The maximum atomic E-state index is 4.32. The summed E-state index contributed by atoms with van der Waals surface area (Å²) in [4.78, 5) is 7.47. The first-order chi connectivity index (χ1) is 8.93. The zero-order valence-corrected chi connectivity index (χ0v) is 9.67. The van der Waals surface area contributed by atoms with E-state index in [2.05, 4.69) is 57.1 Å². The van der Waals surface area contributed by atoms with E-state index >= 15 is 0 Å². The lowest BCUT2D eigenvalue weighted by molar-refractivity contribution is 1.13. The van der Waals surface area contributed by atoms with Gasteiger partial charge in [-0.3, -0.25) is 0 Å². The lowest BCUT2D eigenvalue weighted by Crippen LogP contribution is -1.93. The highest BCUT2D eigenvalue weighted by molar-refractivity contribution is 5.89. The van der Waals surface area contributed by atoms with Gasteiger partial charge in [-0.2, -0.15) is 0 Å². The molecule has 86 valence electrons. The first-order valence-electron chi connectivity index (χ1n) is 5.92. The van der Waals surface area contributed by atoms with Crippen molar-refractivity contribution < 1.29 is 0 Å². The number of benzene rings is 1. The van der Waals surface area contributed by atoms with Crippen LogP contribution in [0.4, 0.5) is 0 Å².